The smallest absolute Gasteiger partial charge is 0.123 e. The fraction of sp³-hybridized carbons (Fsp3) is 0.647. The lowest BCUT2D eigenvalue weighted by Gasteiger charge is -2.28. The van der Waals surface area contributed by atoms with E-state index in [2.05, 4.69) is 6.92 Å². The van der Waals surface area contributed by atoms with Crippen molar-refractivity contribution in [3.63, 3.8) is 0 Å². The maximum Gasteiger partial charge on any atom is 0.123 e. The van der Waals surface area contributed by atoms with Crippen molar-refractivity contribution in [1.82, 2.24) is 0 Å². The molecule has 1 aliphatic carbocycles. The molecule has 18 heavy (non-hydrogen) atoms. The summed E-state index contributed by atoms with van der Waals surface area (Å²) in [7, 11) is 0. The van der Waals surface area contributed by atoms with E-state index in [0.29, 0.717) is 5.92 Å². The van der Waals surface area contributed by atoms with Crippen LogP contribution in [0.5, 0.6) is 0 Å². The number of hydrogen-bond donors (Lipinski definition) is 0. The molecule has 0 heterocycles. The molecule has 2 rings (SSSR count). The van der Waals surface area contributed by atoms with Crippen LogP contribution in [-0.2, 0) is 0 Å². The third-order valence-corrected chi connectivity index (χ3v) is 4.40. The number of hydrogen-bond acceptors (Lipinski definition) is 0. The summed E-state index contributed by atoms with van der Waals surface area (Å²) in [5, 5.41) is 0. The second kappa shape index (κ2) is 6.92. The molecule has 0 spiro atoms. The normalized spacial score (nSPS) is 24.1. The van der Waals surface area contributed by atoms with E-state index < -0.39 is 0 Å². The molecule has 1 aromatic carbocycles. The maximum absolute atomic E-state index is 12.9. The molecule has 1 heteroatoms. The summed E-state index contributed by atoms with van der Waals surface area (Å²) in [6.45, 7) is 2.27. The van der Waals surface area contributed by atoms with Gasteiger partial charge >= 0.3 is 0 Å². The summed E-state index contributed by atoms with van der Waals surface area (Å²) >= 11 is 0. The molecule has 0 unspecified atom stereocenters. The molecule has 1 aliphatic rings. The molecule has 1 aromatic rings. The van der Waals surface area contributed by atoms with E-state index in [4.69, 9.17) is 0 Å². The van der Waals surface area contributed by atoms with Gasteiger partial charge in [0.15, 0.2) is 0 Å². The fourth-order valence-electron chi connectivity index (χ4n) is 3.20. The average Bonchev–Trinajstić information content (AvgIpc) is 2.41. The van der Waals surface area contributed by atoms with Crippen LogP contribution in [-0.4, -0.2) is 0 Å². The summed E-state index contributed by atoms with van der Waals surface area (Å²) in [6.07, 6.45) is 10.9. The van der Waals surface area contributed by atoms with E-state index in [1.54, 1.807) is 12.1 Å². The van der Waals surface area contributed by atoms with Crippen LogP contribution in [0, 0.1) is 11.7 Å². The van der Waals surface area contributed by atoms with Crippen LogP contribution in [0.4, 0.5) is 4.39 Å². The quantitative estimate of drug-likeness (QED) is 0.588. The molecule has 0 nitrogen and oxygen atoms in total. The first kappa shape index (κ1) is 13.6. The van der Waals surface area contributed by atoms with Crippen molar-refractivity contribution < 1.29 is 4.39 Å². The molecule has 0 radical (unpaired) electrons. The minimum atomic E-state index is -0.119. The number of rotatable bonds is 5. The van der Waals surface area contributed by atoms with Gasteiger partial charge in [0.1, 0.15) is 5.82 Å². The molecule has 0 bridgehead atoms. The van der Waals surface area contributed by atoms with Crippen LogP contribution in [0.1, 0.15) is 69.8 Å². The highest BCUT2D eigenvalue weighted by Gasteiger charge is 2.21. The summed E-state index contributed by atoms with van der Waals surface area (Å²) in [4.78, 5) is 0. The molecule has 0 saturated heterocycles. The first-order valence-corrected chi connectivity index (χ1v) is 7.55. The molecule has 100 valence electrons. The van der Waals surface area contributed by atoms with Crippen molar-refractivity contribution in [2.75, 3.05) is 0 Å². The van der Waals surface area contributed by atoms with Crippen LogP contribution in [0.25, 0.3) is 0 Å². The van der Waals surface area contributed by atoms with E-state index in [1.165, 1.54) is 56.9 Å². The molecular formula is C17H25F. The van der Waals surface area contributed by atoms with Gasteiger partial charge in [-0.2, -0.15) is 0 Å². The van der Waals surface area contributed by atoms with Gasteiger partial charge in [0, 0.05) is 0 Å². The van der Waals surface area contributed by atoms with Crippen LogP contribution < -0.4 is 0 Å². The number of unbranched alkanes of at least 4 members (excludes halogenated alkanes) is 2. The highest BCUT2D eigenvalue weighted by Crippen LogP contribution is 2.37. The predicted octanol–water partition coefficient (Wildman–Crippen LogP) is 5.68. The van der Waals surface area contributed by atoms with Gasteiger partial charge in [-0.25, -0.2) is 4.39 Å². The zero-order chi connectivity index (χ0) is 12.8. The minimum Gasteiger partial charge on any atom is -0.207 e. The Morgan fingerprint density at radius 1 is 1.00 bits per heavy atom. The van der Waals surface area contributed by atoms with E-state index in [-0.39, 0.29) is 5.82 Å². The van der Waals surface area contributed by atoms with Crippen LogP contribution in [0.15, 0.2) is 24.3 Å². The van der Waals surface area contributed by atoms with Crippen LogP contribution >= 0.6 is 0 Å². The van der Waals surface area contributed by atoms with Gasteiger partial charge in [-0.05, 0) is 55.2 Å². The van der Waals surface area contributed by atoms with Gasteiger partial charge in [0.05, 0.1) is 0 Å². The van der Waals surface area contributed by atoms with Gasteiger partial charge in [-0.15, -0.1) is 0 Å². The predicted molar refractivity (Wildman–Crippen MR) is 75.2 cm³/mol. The summed E-state index contributed by atoms with van der Waals surface area (Å²) in [5.41, 5.74) is 1.34. The van der Waals surface area contributed by atoms with Gasteiger partial charge in [0.2, 0.25) is 0 Å². The molecule has 0 aromatic heterocycles. The van der Waals surface area contributed by atoms with E-state index >= 15 is 0 Å². The maximum atomic E-state index is 12.9. The first-order valence-electron chi connectivity index (χ1n) is 7.55. The topological polar surface area (TPSA) is 0 Å². The Bertz CT molecular complexity index is 333. The molecular weight excluding hydrogens is 223 g/mol. The Morgan fingerprint density at radius 2 is 1.67 bits per heavy atom. The van der Waals surface area contributed by atoms with Crippen molar-refractivity contribution >= 4 is 0 Å². The molecule has 0 atom stereocenters. The van der Waals surface area contributed by atoms with Gasteiger partial charge < -0.3 is 0 Å². The van der Waals surface area contributed by atoms with Crippen LogP contribution in [0.3, 0.4) is 0 Å². The van der Waals surface area contributed by atoms with E-state index in [0.717, 1.165) is 5.92 Å². The second-order valence-corrected chi connectivity index (χ2v) is 5.76. The summed E-state index contributed by atoms with van der Waals surface area (Å²) in [5.74, 6) is 1.51. The Labute approximate surface area is 111 Å². The third kappa shape index (κ3) is 3.83. The molecule has 1 saturated carbocycles. The zero-order valence-electron chi connectivity index (χ0n) is 11.5. The Balaban J connectivity index is 1.77. The highest BCUT2D eigenvalue weighted by molar-refractivity contribution is 5.20. The fourth-order valence-corrected chi connectivity index (χ4v) is 3.20. The summed E-state index contributed by atoms with van der Waals surface area (Å²) < 4.78 is 12.9. The van der Waals surface area contributed by atoms with E-state index in [1.807, 2.05) is 12.1 Å². The molecule has 1 fully saturated rings. The minimum absolute atomic E-state index is 0.119. The standard InChI is InChI=1S/C17H25F/c1-2-3-4-5-14-6-8-15(9-7-14)16-10-12-17(18)13-11-16/h10-15H,2-9H2,1H3. The highest BCUT2D eigenvalue weighted by atomic mass is 19.1. The van der Waals surface area contributed by atoms with E-state index in [9.17, 15) is 4.39 Å². The van der Waals surface area contributed by atoms with Crippen molar-refractivity contribution in [2.45, 2.75) is 64.2 Å². The SMILES string of the molecule is CCCCCC1CCC(c2ccc(F)cc2)CC1. The van der Waals surface area contributed by atoms with Crippen molar-refractivity contribution in [3.8, 4) is 0 Å². The largest absolute Gasteiger partial charge is 0.207 e. The number of benzene rings is 1. The monoisotopic (exact) mass is 248 g/mol. The summed E-state index contributed by atoms with van der Waals surface area (Å²) in [6, 6.07) is 7.14. The van der Waals surface area contributed by atoms with Gasteiger partial charge in [-0.1, -0.05) is 44.7 Å². The lowest BCUT2D eigenvalue weighted by molar-refractivity contribution is 0.302. The molecule has 0 amide bonds. The lowest BCUT2D eigenvalue weighted by Crippen LogP contribution is -2.13. The second-order valence-electron chi connectivity index (χ2n) is 5.76. The van der Waals surface area contributed by atoms with Gasteiger partial charge in [-0.3, -0.25) is 0 Å². The zero-order valence-corrected chi connectivity index (χ0v) is 11.5. The van der Waals surface area contributed by atoms with Crippen LogP contribution in [0.2, 0.25) is 0 Å². The van der Waals surface area contributed by atoms with Crippen molar-refractivity contribution in [3.05, 3.63) is 35.6 Å². The lowest BCUT2D eigenvalue weighted by atomic mass is 9.77. The third-order valence-electron chi connectivity index (χ3n) is 4.40. The van der Waals surface area contributed by atoms with Crippen molar-refractivity contribution in [1.29, 1.82) is 0 Å². The Morgan fingerprint density at radius 3 is 2.28 bits per heavy atom. The Hall–Kier alpha value is -0.850. The Kier molecular flexibility index (Phi) is 5.22. The number of halogens is 1. The molecule has 0 aliphatic heterocycles. The first-order chi connectivity index (χ1) is 8.79. The average molecular weight is 248 g/mol. The van der Waals surface area contributed by atoms with Gasteiger partial charge in [0.25, 0.3) is 0 Å². The van der Waals surface area contributed by atoms with Crippen molar-refractivity contribution in [2.24, 2.45) is 5.92 Å². The molecule has 0 N–H and O–H groups in total.